The fraction of sp³-hybridized carbons (Fsp3) is 0.280. The van der Waals surface area contributed by atoms with Crippen LogP contribution >= 0.6 is 0 Å². The molecule has 2 aromatic carbocycles. The molecule has 0 N–H and O–H groups in total. The quantitative estimate of drug-likeness (QED) is 0.482. The average Bonchev–Trinajstić information content (AvgIpc) is 3.26. The molecule has 0 saturated heterocycles. The molecule has 1 aliphatic heterocycles. The molecule has 2 aliphatic rings. The minimum Gasteiger partial charge on any atom is -0.489 e. The van der Waals surface area contributed by atoms with Crippen LogP contribution in [0.2, 0.25) is 0 Å². The zero-order valence-electron chi connectivity index (χ0n) is 17.2. The van der Waals surface area contributed by atoms with E-state index in [2.05, 4.69) is 4.98 Å². The Morgan fingerprint density at radius 3 is 2.59 bits per heavy atom. The molecule has 2 heterocycles. The summed E-state index contributed by atoms with van der Waals surface area (Å²) >= 11 is 0. The highest BCUT2D eigenvalue weighted by molar-refractivity contribution is 5.82. The van der Waals surface area contributed by atoms with E-state index < -0.39 is 11.7 Å². The van der Waals surface area contributed by atoms with Crippen LogP contribution in [-0.2, 0) is 17.4 Å². The van der Waals surface area contributed by atoms with Gasteiger partial charge in [-0.15, -0.1) is 0 Å². The van der Waals surface area contributed by atoms with E-state index in [9.17, 15) is 18.0 Å². The summed E-state index contributed by atoms with van der Waals surface area (Å²) in [6, 6.07) is 13.2. The maximum Gasteiger partial charge on any atom is 0.416 e. The molecule has 3 aromatic rings. The Bertz CT molecular complexity index is 1180. The minimum absolute atomic E-state index is 0.0165. The Morgan fingerprint density at radius 1 is 1.06 bits per heavy atom. The summed E-state index contributed by atoms with van der Waals surface area (Å²) in [5.74, 6) is 2.21. The van der Waals surface area contributed by atoms with Crippen molar-refractivity contribution in [1.29, 1.82) is 0 Å². The van der Waals surface area contributed by atoms with Crippen LogP contribution < -0.4 is 9.47 Å². The molecule has 0 unspecified atom stereocenters. The van der Waals surface area contributed by atoms with Crippen molar-refractivity contribution in [2.45, 2.75) is 38.0 Å². The van der Waals surface area contributed by atoms with Gasteiger partial charge >= 0.3 is 6.18 Å². The highest BCUT2D eigenvalue weighted by Gasteiger charge is 2.59. The molecule has 32 heavy (non-hydrogen) atoms. The normalized spacial score (nSPS) is 20.8. The van der Waals surface area contributed by atoms with Gasteiger partial charge < -0.3 is 9.47 Å². The molecule has 7 heteroatoms. The Balaban J connectivity index is 1.24. The first kappa shape index (κ1) is 20.5. The number of benzene rings is 2. The number of carbonyl (C=O) groups excluding carboxylic acids is 1. The molecule has 164 valence electrons. The van der Waals surface area contributed by atoms with Gasteiger partial charge in [-0.05, 0) is 54.4 Å². The maximum atomic E-state index is 13.1. The van der Waals surface area contributed by atoms with Crippen LogP contribution in [0.25, 0.3) is 0 Å². The molecule has 1 saturated carbocycles. The highest BCUT2D eigenvalue weighted by Crippen LogP contribution is 2.60. The van der Waals surface area contributed by atoms with Crippen molar-refractivity contribution < 1.29 is 27.4 Å². The number of pyridine rings is 1. The molecule has 3 atom stereocenters. The van der Waals surface area contributed by atoms with Gasteiger partial charge in [-0.25, -0.2) is 0 Å². The van der Waals surface area contributed by atoms with Gasteiger partial charge in [-0.3, -0.25) is 9.78 Å². The summed E-state index contributed by atoms with van der Waals surface area (Å²) in [4.78, 5) is 16.6. The number of fused-ring (bicyclic) bond motifs is 3. The molecule has 0 amide bonds. The van der Waals surface area contributed by atoms with Gasteiger partial charge in [0.1, 0.15) is 29.1 Å². The van der Waals surface area contributed by atoms with Crippen molar-refractivity contribution in [1.82, 2.24) is 4.98 Å². The Hall–Kier alpha value is -3.35. The molecule has 0 spiro atoms. The second-order valence-corrected chi connectivity index (χ2v) is 8.32. The van der Waals surface area contributed by atoms with Crippen molar-refractivity contribution in [3.63, 3.8) is 0 Å². The maximum absolute atomic E-state index is 13.1. The molecule has 0 radical (unpaired) electrons. The van der Waals surface area contributed by atoms with Crippen LogP contribution in [0, 0.1) is 12.8 Å². The summed E-state index contributed by atoms with van der Waals surface area (Å²) in [6.45, 7) is 1.42. The van der Waals surface area contributed by atoms with Crippen molar-refractivity contribution in [2.75, 3.05) is 0 Å². The van der Waals surface area contributed by atoms with Gasteiger partial charge in [0.15, 0.2) is 0 Å². The van der Waals surface area contributed by atoms with E-state index in [0.717, 1.165) is 17.4 Å². The lowest BCUT2D eigenvalue weighted by molar-refractivity contribution is -0.138. The van der Waals surface area contributed by atoms with E-state index in [1.54, 1.807) is 30.6 Å². The van der Waals surface area contributed by atoms with Crippen LogP contribution in [0.4, 0.5) is 13.2 Å². The third-order valence-corrected chi connectivity index (χ3v) is 6.06. The smallest absolute Gasteiger partial charge is 0.416 e. The Morgan fingerprint density at radius 2 is 1.84 bits per heavy atom. The number of ketones is 1. The number of aromatic nitrogens is 1. The first-order valence-corrected chi connectivity index (χ1v) is 10.4. The predicted molar refractivity (Wildman–Crippen MR) is 111 cm³/mol. The Labute approximate surface area is 183 Å². The number of hydrogen-bond acceptors (Lipinski definition) is 4. The van der Waals surface area contributed by atoms with Gasteiger partial charge in [-0.2, -0.15) is 13.2 Å². The predicted octanol–water partition coefficient (Wildman–Crippen LogP) is 5.88. The SMILES string of the molecule is Cc1ccc(CC(=O)C[C@@H]2[C@H]3Oc4ccc(Oc5ccncc5)cc4[C@@H]23)cc1C(F)(F)F. The molecule has 0 bridgehead atoms. The van der Waals surface area contributed by atoms with Crippen molar-refractivity contribution in [3.05, 3.63) is 83.2 Å². The lowest BCUT2D eigenvalue weighted by atomic mass is 9.98. The summed E-state index contributed by atoms with van der Waals surface area (Å²) in [7, 11) is 0. The fourth-order valence-electron chi connectivity index (χ4n) is 4.45. The van der Waals surface area contributed by atoms with Gasteiger partial charge in [-0.1, -0.05) is 12.1 Å². The second kappa shape index (κ2) is 7.65. The minimum atomic E-state index is -4.43. The van der Waals surface area contributed by atoms with E-state index in [1.165, 1.54) is 13.0 Å². The lowest BCUT2D eigenvalue weighted by Gasteiger charge is -2.12. The third-order valence-electron chi connectivity index (χ3n) is 6.06. The van der Waals surface area contributed by atoms with Crippen molar-refractivity contribution >= 4 is 5.78 Å². The molecule has 5 rings (SSSR count). The van der Waals surface area contributed by atoms with E-state index >= 15 is 0 Å². The number of Topliss-reactive ketones (excluding diaryl/α,β-unsaturated/α-hetero) is 1. The molecule has 1 fully saturated rings. The number of carbonyl (C=O) groups is 1. The molecular formula is C25H20F3NO3. The number of aryl methyl sites for hydroxylation is 1. The number of halogens is 3. The lowest BCUT2D eigenvalue weighted by Crippen LogP contribution is -2.11. The van der Waals surface area contributed by atoms with E-state index in [0.29, 0.717) is 17.1 Å². The number of hydrogen-bond donors (Lipinski definition) is 0. The molecule has 1 aliphatic carbocycles. The first-order valence-electron chi connectivity index (χ1n) is 10.4. The van der Waals surface area contributed by atoms with Gasteiger partial charge in [0.05, 0.1) is 5.56 Å². The molecule has 4 nitrogen and oxygen atoms in total. The Kier molecular flexibility index (Phi) is 4.92. The van der Waals surface area contributed by atoms with E-state index in [4.69, 9.17) is 9.47 Å². The number of ether oxygens (including phenoxy) is 2. The molecular weight excluding hydrogens is 419 g/mol. The molecule has 1 aromatic heterocycles. The zero-order valence-corrected chi connectivity index (χ0v) is 17.2. The van der Waals surface area contributed by atoms with Crippen LogP contribution in [0.1, 0.15) is 34.6 Å². The third kappa shape index (κ3) is 3.95. The van der Waals surface area contributed by atoms with Crippen molar-refractivity contribution in [3.8, 4) is 17.2 Å². The topological polar surface area (TPSA) is 48.4 Å². The van der Waals surface area contributed by atoms with Crippen LogP contribution in [0.5, 0.6) is 17.2 Å². The highest BCUT2D eigenvalue weighted by atomic mass is 19.4. The fourth-order valence-corrected chi connectivity index (χ4v) is 4.45. The number of alkyl halides is 3. The van der Waals surface area contributed by atoms with Crippen LogP contribution in [-0.4, -0.2) is 16.9 Å². The van der Waals surface area contributed by atoms with Crippen LogP contribution in [0.3, 0.4) is 0 Å². The monoisotopic (exact) mass is 439 g/mol. The summed E-state index contributed by atoms with van der Waals surface area (Å²) in [5.41, 5.74) is 0.854. The van der Waals surface area contributed by atoms with Gasteiger partial charge in [0.2, 0.25) is 0 Å². The van der Waals surface area contributed by atoms with E-state index in [-0.39, 0.29) is 42.1 Å². The standard InChI is InChI=1S/C25H20F3NO3/c1-14-2-3-15(11-21(14)25(26,27)28)10-16(30)12-20-23-19-13-18(4-5-22(19)32-24(20)23)31-17-6-8-29-9-7-17/h2-9,11,13,20,23-24H,10,12H2,1H3/t20-,23-,24+/m0/s1. The van der Waals surface area contributed by atoms with Gasteiger partial charge in [0.25, 0.3) is 0 Å². The summed E-state index contributed by atoms with van der Waals surface area (Å²) in [5, 5.41) is 0. The summed E-state index contributed by atoms with van der Waals surface area (Å²) < 4.78 is 51.2. The first-order chi connectivity index (χ1) is 15.3. The zero-order chi connectivity index (χ0) is 22.5. The van der Waals surface area contributed by atoms with Crippen molar-refractivity contribution in [2.24, 2.45) is 5.92 Å². The second-order valence-electron chi connectivity index (χ2n) is 8.32. The van der Waals surface area contributed by atoms with Gasteiger partial charge in [0, 0.05) is 42.6 Å². The number of rotatable bonds is 6. The largest absolute Gasteiger partial charge is 0.489 e. The average molecular weight is 439 g/mol. The summed E-state index contributed by atoms with van der Waals surface area (Å²) in [6.07, 6.45) is -0.929. The van der Waals surface area contributed by atoms with Crippen LogP contribution in [0.15, 0.2) is 60.9 Å². The number of nitrogens with zero attached hydrogens (tertiary/aromatic N) is 1. The van der Waals surface area contributed by atoms with E-state index in [1.807, 2.05) is 18.2 Å².